The second-order valence-electron chi connectivity index (χ2n) is 4.45. The molecule has 0 unspecified atom stereocenters. The maximum Gasteiger partial charge on any atom is 0.494 e. The third-order valence-corrected chi connectivity index (χ3v) is 4.19. The van der Waals surface area contributed by atoms with E-state index in [2.05, 4.69) is 0 Å². The van der Waals surface area contributed by atoms with Crippen molar-refractivity contribution >= 4 is 25.8 Å². The summed E-state index contributed by atoms with van der Waals surface area (Å²) < 4.78 is 26.9. The Bertz CT molecular complexity index is 377. The third kappa shape index (κ3) is 2.45. The van der Waals surface area contributed by atoms with Crippen LogP contribution in [0, 0.1) is 11.6 Å². The maximum absolute atomic E-state index is 13.8. The van der Waals surface area contributed by atoms with Crippen LogP contribution in [0.3, 0.4) is 0 Å². The first-order valence-electron chi connectivity index (χ1n) is 4.59. The summed E-state index contributed by atoms with van der Waals surface area (Å²) in [5.74, 6) is -1.76. The van der Waals surface area contributed by atoms with Gasteiger partial charge in [-0.2, -0.15) is 0 Å². The average Bonchev–Trinajstić information content (AvgIpc) is 2.00. The molecule has 0 aliphatic rings. The molecular weight excluding hydrogens is 217 g/mol. The maximum atomic E-state index is 13.8. The van der Waals surface area contributed by atoms with Crippen LogP contribution in [0.1, 0.15) is 0 Å². The minimum absolute atomic E-state index is 0.395. The summed E-state index contributed by atoms with van der Waals surface area (Å²) in [4.78, 5) is 0. The first kappa shape index (κ1) is 12.4. The molecule has 0 saturated heterocycles. The summed E-state index contributed by atoms with van der Waals surface area (Å²) >= 11 is 0. The van der Waals surface area contributed by atoms with Gasteiger partial charge in [0.25, 0.3) is 0 Å². The first-order valence-corrected chi connectivity index (χ1v) is 8.09. The summed E-state index contributed by atoms with van der Waals surface area (Å²) in [6.45, 7) is 5.70. The largest absolute Gasteiger partial charge is 0.494 e. The molecule has 0 aliphatic heterocycles. The topological polar surface area (TPSA) is 40.5 Å². The molecule has 2 N–H and O–H groups in total. The van der Waals surface area contributed by atoms with Gasteiger partial charge in [0.15, 0.2) is 0 Å². The predicted octanol–water partition coefficient (Wildman–Crippen LogP) is 0.190. The Balaban J connectivity index is 3.42. The molecule has 1 rings (SSSR count). The lowest BCUT2D eigenvalue weighted by Crippen LogP contribution is -2.47. The molecular formula is C9H13BF2O2Si. The molecule has 0 atom stereocenters. The number of halogens is 2. The van der Waals surface area contributed by atoms with Gasteiger partial charge < -0.3 is 10.0 Å². The van der Waals surface area contributed by atoms with E-state index in [1.807, 2.05) is 19.6 Å². The van der Waals surface area contributed by atoms with Crippen molar-refractivity contribution in [3.05, 3.63) is 23.8 Å². The summed E-state index contributed by atoms with van der Waals surface area (Å²) in [5, 5.41) is 18.1. The van der Waals surface area contributed by atoms with Gasteiger partial charge in [0.1, 0.15) is 11.6 Å². The summed E-state index contributed by atoms with van der Waals surface area (Å²) in [7, 11) is -4.05. The lowest BCUT2D eigenvalue weighted by atomic mass is 9.79. The number of rotatable bonds is 2. The van der Waals surface area contributed by atoms with Gasteiger partial charge in [0.2, 0.25) is 0 Å². The van der Waals surface area contributed by atoms with E-state index in [1.54, 1.807) is 0 Å². The van der Waals surface area contributed by atoms with Gasteiger partial charge in [-0.15, -0.1) is 0 Å². The van der Waals surface area contributed by atoms with Gasteiger partial charge >= 0.3 is 7.12 Å². The Kier molecular flexibility index (Phi) is 3.32. The molecule has 6 heteroatoms. The molecule has 0 aliphatic carbocycles. The van der Waals surface area contributed by atoms with E-state index in [9.17, 15) is 8.78 Å². The third-order valence-electron chi connectivity index (χ3n) is 2.19. The highest BCUT2D eigenvalue weighted by Gasteiger charge is 2.28. The minimum atomic E-state index is -2.11. The molecule has 0 amide bonds. The van der Waals surface area contributed by atoms with Crippen molar-refractivity contribution < 1.29 is 18.8 Å². The Morgan fingerprint density at radius 2 is 1.67 bits per heavy atom. The van der Waals surface area contributed by atoms with E-state index in [1.165, 1.54) is 6.07 Å². The Labute approximate surface area is 88.7 Å². The Morgan fingerprint density at radius 3 is 2.07 bits per heavy atom. The molecule has 15 heavy (non-hydrogen) atoms. The van der Waals surface area contributed by atoms with E-state index in [0.717, 1.165) is 6.07 Å². The van der Waals surface area contributed by atoms with Gasteiger partial charge in [0.05, 0.1) is 13.5 Å². The van der Waals surface area contributed by atoms with Crippen LogP contribution in [0.5, 0.6) is 0 Å². The molecule has 1 aromatic rings. The van der Waals surface area contributed by atoms with Crippen LogP contribution in [-0.4, -0.2) is 25.2 Å². The highest BCUT2D eigenvalue weighted by molar-refractivity contribution is 6.89. The normalized spacial score (nSPS) is 11.7. The van der Waals surface area contributed by atoms with Crippen molar-refractivity contribution in [2.45, 2.75) is 19.6 Å². The lowest BCUT2D eigenvalue weighted by Gasteiger charge is -2.19. The summed E-state index contributed by atoms with van der Waals surface area (Å²) in [6.07, 6.45) is 0. The van der Waals surface area contributed by atoms with E-state index < -0.39 is 32.3 Å². The molecule has 0 heterocycles. The highest BCUT2D eigenvalue weighted by Crippen LogP contribution is 2.07. The fraction of sp³-hybridized carbons (Fsp3) is 0.333. The molecule has 1 aromatic carbocycles. The standard InChI is InChI=1S/C9H13BF2O2Si/c1-15(2,3)7-5-4-6(11)8(9(7)12)10(13)14/h4-5,13-14H,1-3H3. The van der Waals surface area contributed by atoms with Crippen LogP contribution in [-0.2, 0) is 0 Å². The molecule has 0 radical (unpaired) electrons. The molecule has 2 nitrogen and oxygen atoms in total. The van der Waals surface area contributed by atoms with Gasteiger partial charge in [-0.3, -0.25) is 0 Å². The molecule has 0 saturated carbocycles. The number of hydrogen-bond donors (Lipinski definition) is 2. The molecule has 0 fully saturated rings. The Hall–Kier alpha value is -0.718. The monoisotopic (exact) mass is 230 g/mol. The van der Waals surface area contributed by atoms with Gasteiger partial charge in [-0.05, 0) is 11.3 Å². The lowest BCUT2D eigenvalue weighted by molar-refractivity contribution is 0.419. The molecule has 82 valence electrons. The second kappa shape index (κ2) is 4.04. The van der Waals surface area contributed by atoms with Gasteiger partial charge in [0, 0.05) is 0 Å². The van der Waals surface area contributed by atoms with Crippen LogP contribution in [0.25, 0.3) is 0 Å². The average molecular weight is 230 g/mol. The van der Waals surface area contributed by atoms with Crippen LogP contribution < -0.4 is 10.6 Å². The smallest absolute Gasteiger partial charge is 0.423 e. The quantitative estimate of drug-likeness (QED) is 0.712. The van der Waals surface area contributed by atoms with Crippen LogP contribution >= 0.6 is 0 Å². The summed E-state index contributed by atoms with van der Waals surface area (Å²) in [6, 6.07) is 2.45. The van der Waals surface area contributed by atoms with Crippen molar-refractivity contribution in [3.8, 4) is 0 Å². The van der Waals surface area contributed by atoms with Crippen LogP contribution in [0.15, 0.2) is 12.1 Å². The van der Waals surface area contributed by atoms with Gasteiger partial charge in [-0.25, -0.2) is 8.78 Å². The van der Waals surface area contributed by atoms with Crippen molar-refractivity contribution in [2.24, 2.45) is 0 Å². The van der Waals surface area contributed by atoms with Crippen molar-refractivity contribution in [1.29, 1.82) is 0 Å². The predicted molar refractivity (Wildman–Crippen MR) is 59.2 cm³/mol. The van der Waals surface area contributed by atoms with Crippen molar-refractivity contribution in [2.75, 3.05) is 0 Å². The first-order chi connectivity index (χ1) is 6.75. The SMILES string of the molecule is C[Si](C)(C)c1ccc(F)c(B(O)O)c1F. The zero-order valence-electron chi connectivity index (χ0n) is 8.88. The van der Waals surface area contributed by atoms with Gasteiger partial charge in [-0.1, -0.05) is 25.7 Å². The van der Waals surface area contributed by atoms with Crippen LogP contribution in [0.4, 0.5) is 8.78 Å². The second-order valence-corrected chi connectivity index (χ2v) is 9.48. The Morgan fingerprint density at radius 1 is 1.13 bits per heavy atom. The van der Waals surface area contributed by atoms with E-state index in [0.29, 0.717) is 5.19 Å². The van der Waals surface area contributed by atoms with Crippen LogP contribution in [0.2, 0.25) is 19.6 Å². The van der Waals surface area contributed by atoms with E-state index in [-0.39, 0.29) is 0 Å². The molecule has 0 spiro atoms. The van der Waals surface area contributed by atoms with E-state index >= 15 is 0 Å². The van der Waals surface area contributed by atoms with Crippen molar-refractivity contribution in [1.82, 2.24) is 0 Å². The fourth-order valence-electron chi connectivity index (χ4n) is 1.39. The molecule has 0 bridgehead atoms. The summed E-state index contributed by atoms with van der Waals surface area (Å²) in [5.41, 5.74) is -0.657. The zero-order valence-corrected chi connectivity index (χ0v) is 9.88. The van der Waals surface area contributed by atoms with E-state index in [4.69, 9.17) is 10.0 Å². The number of benzene rings is 1. The number of hydrogen-bond acceptors (Lipinski definition) is 2. The zero-order chi connectivity index (χ0) is 11.8. The fourth-order valence-corrected chi connectivity index (χ4v) is 2.76. The minimum Gasteiger partial charge on any atom is -0.423 e. The molecule has 0 aromatic heterocycles. The van der Waals surface area contributed by atoms with Crippen molar-refractivity contribution in [3.63, 3.8) is 0 Å². The highest BCUT2D eigenvalue weighted by atomic mass is 28.3.